The standard InChI is InChI=1S/C22H48NO4.BrH/c1-5-7-9-11-15-24-19-21-26-17-13-23(3,4)14-18-27-22-20-25-16-12-10-8-6-2;/h5-22H2,1-4H3;1H/q+1;/p-1. The van der Waals surface area contributed by atoms with E-state index in [1.54, 1.807) is 0 Å². The molecule has 0 N–H and O–H groups in total. The number of quaternary nitrogens is 1. The molecular weight excluding hydrogens is 422 g/mol. The topological polar surface area (TPSA) is 36.9 Å². The van der Waals surface area contributed by atoms with Gasteiger partial charge in [-0.15, -0.1) is 0 Å². The summed E-state index contributed by atoms with van der Waals surface area (Å²) in [6, 6.07) is 0. The summed E-state index contributed by atoms with van der Waals surface area (Å²) in [5, 5.41) is 0. The van der Waals surface area contributed by atoms with Crippen molar-refractivity contribution in [3.05, 3.63) is 0 Å². The van der Waals surface area contributed by atoms with E-state index in [1.807, 2.05) is 0 Å². The Morgan fingerprint density at radius 3 is 1.18 bits per heavy atom. The summed E-state index contributed by atoms with van der Waals surface area (Å²) >= 11 is 0. The largest absolute Gasteiger partial charge is 1.00 e. The lowest BCUT2D eigenvalue weighted by Gasteiger charge is -2.29. The van der Waals surface area contributed by atoms with Crippen LogP contribution in [0.2, 0.25) is 0 Å². The molecule has 0 radical (unpaired) electrons. The fourth-order valence-electron chi connectivity index (χ4n) is 2.64. The zero-order chi connectivity index (χ0) is 20.1. The molecule has 0 aliphatic heterocycles. The van der Waals surface area contributed by atoms with Crippen LogP contribution in [0.4, 0.5) is 0 Å². The van der Waals surface area contributed by atoms with E-state index in [0.717, 1.165) is 44.0 Å². The fourth-order valence-corrected chi connectivity index (χ4v) is 2.64. The van der Waals surface area contributed by atoms with Crippen LogP contribution in [0.1, 0.15) is 65.2 Å². The lowest BCUT2D eigenvalue weighted by molar-refractivity contribution is -0.891. The van der Waals surface area contributed by atoms with Crippen LogP contribution in [0.5, 0.6) is 0 Å². The third-order valence-electron chi connectivity index (χ3n) is 4.71. The van der Waals surface area contributed by atoms with Crippen LogP contribution in [-0.2, 0) is 18.9 Å². The first-order valence-electron chi connectivity index (χ1n) is 11.3. The van der Waals surface area contributed by atoms with Crippen LogP contribution in [0.15, 0.2) is 0 Å². The number of rotatable bonds is 22. The van der Waals surface area contributed by atoms with E-state index >= 15 is 0 Å². The van der Waals surface area contributed by atoms with Gasteiger partial charge in [0.05, 0.1) is 53.7 Å². The number of unbranched alkanes of at least 4 members (excludes halogenated alkanes) is 6. The van der Waals surface area contributed by atoms with E-state index in [9.17, 15) is 0 Å². The molecule has 0 heterocycles. The molecule has 0 amide bonds. The summed E-state index contributed by atoms with van der Waals surface area (Å²) in [4.78, 5) is 0. The van der Waals surface area contributed by atoms with Gasteiger partial charge in [0.2, 0.25) is 0 Å². The number of likely N-dealkylation sites (N-methyl/N-ethyl adjacent to an activating group) is 1. The van der Waals surface area contributed by atoms with Crippen molar-refractivity contribution < 1.29 is 40.4 Å². The van der Waals surface area contributed by atoms with Gasteiger partial charge in [-0.1, -0.05) is 52.4 Å². The van der Waals surface area contributed by atoms with Crippen molar-refractivity contribution in [1.29, 1.82) is 0 Å². The molecular formula is C22H48BrNO4. The third kappa shape index (κ3) is 24.3. The molecule has 6 heteroatoms. The maximum atomic E-state index is 5.70. The molecule has 0 aromatic rings. The van der Waals surface area contributed by atoms with Crippen LogP contribution in [0.25, 0.3) is 0 Å². The number of halogens is 1. The second-order valence-corrected chi connectivity index (χ2v) is 7.95. The maximum absolute atomic E-state index is 5.70. The van der Waals surface area contributed by atoms with Crippen molar-refractivity contribution in [2.75, 3.05) is 80.0 Å². The Balaban J connectivity index is 0. The Labute approximate surface area is 185 Å². The van der Waals surface area contributed by atoms with Gasteiger partial charge in [0.1, 0.15) is 13.1 Å². The average Bonchev–Trinajstić information content (AvgIpc) is 2.64. The van der Waals surface area contributed by atoms with Crippen LogP contribution in [0, 0.1) is 0 Å². The average molecular weight is 471 g/mol. The number of ether oxygens (including phenoxy) is 4. The summed E-state index contributed by atoms with van der Waals surface area (Å²) in [5.74, 6) is 0. The molecule has 0 atom stereocenters. The summed E-state index contributed by atoms with van der Waals surface area (Å²) in [6.45, 7) is 12.5. The molecule has 28 heavy (non-hydrogen) atoms. The van der Waals surface area contributed by atoms with Gasteiger partial charge in [-0.2, -0.15) is 0 Å². The Bertz CT molecular complexity index is 268. The number of hydrogen-bond acceptors (Lipinski definition) is 4. The fraction of sp³-hybridized carbons (Fsp3) is 1.00. The monoisotopic (exact) mass is 469 g/mol. The van der Waals surface area contributed by atoms with Gasteiger partial charge in [-0.25, -0.2) is 0 Å². The van der Waals surface area contributed by atoms with Crippen LogP contribution in [0.3, 0.4) is 0 Å². The molecule has 172 valence electrons. The molecule has 5 nitrogen and oxygen atoms in total. The van der Waals surface area contributed by atoms with Gasteiger partial charge in [-0.05, 0) is 12.8 Å². The number of nitrogens with zero attached hydrogens (tertiary/aromatic N) is 1. The predicted molar refractivity (Wildman–Crippen MR) is 113 cm³/mol. The molecule has 0 aromatic heterocycles. The van der Waals surface area contributed by atoms with E-state index in [-0.39, 0.29) is 17.0 Å². The summed E-state index contributed by atoms with van der Waals surface area (Å²) in [6.07, 6.45) is 10.0. The predicted octanol–water partition coefficient (Wildman–Crippen LogP) is 1.29. The van der Waals surface area contributed by atoms with Crippen LogP contribution in [-0.4, -0.2) is 84.5 Å². The van der Waals surface area contributed by atoms with Gasteiger partial charge >= 0.3 is 0 Å². The number of hydrogen-bond donors (Lipinski definition) is 0. The van der Waals surface area contributed by atoms with E-state index in [4.69, 9.17) is 18.9 Å². The zero-order valence-electron chi connectivity index (χ0n) is 19.2. The van der Waals surface area contributed by atoms with Gasteiger partial charge < -0.3 is 40.4 Å². The first kappa shape index (κ1) is 30.5. The van der Waals surface area contributed by atoms with E-state index in [2.05, 4.69) is 27.9 Å². The third-order valence-corrected chi connectivity index (χ3v) is 4.71. The minimum Gasteiger partial charge on any atom is -1.00 e. The second kappa shape index (κ2) is 23.6. The molecule has 0 saturated heterocycles. The highest BCUT2D eigenvalue weighted by Gasteiger charge is 2.14. The van der Waals surface area contributed by atoms with Crippen LogP contribution >= 0.6 is 0 Å². The Hall–Kier alpha value is 0.280. The van der Waals surface area contributed by atoms with Crippen molar-refractivity contribution in [3.63, 3.8) is 0 Å². The van der Waals surface area contributed by atoms with E-state index in [0.29, 0.717) is 26.4 Å². The van der Waals surface area contributed by atoms with Gasteiger partial charge in [0.15, 0.2) is 0 Å². The molecule has 0 rings (SSSR count). The van der Waals surface area contributed by atoms with Gasteiger partial charge in [-0.3, -0.25) is 0 Å². The maximum Gasteiger partial charge on any atom is 0.102 e. The van der Waals surface area contributed by atoms with E-state index in [1.165, 1.54) is 51.4 Å². The molecule has 0 aliphatic carbocycles. The van der Waals surface area contributed by atoms with Crippen molar-refractivity contribution >= 4 is 0 Å². The Morgan fingerprint density at radius 1 is 0.464 bits per heavy atom. The summed E-state index contributed by atoms with van der Waals surface area (Å²) in [7, 11) is 4.45. The normalized spacial score (nSPS) is 11.6. The highest BCUT2D eigenvalue weighted by molar-refractivity contribution is 4.42. The molecule has 0 saturated carbocycles. The quantitative estimate of drug-likeness (QED) is 0.177. The van der Waals surface area contributed by atoms with Crippen LogP contribution < -0.4 is 17.0 Å². The van der Waals surface area contributed by atoms with Crippen molar-refractivity contribution in [2.45, 2.75) is 65.2 Å². The van der Waals surface area contributed by atoms with Gasteiger partial charge in [0, 0.05) is 13.2 Å². The Morgan fingerprint density at radius 2 is 0.821 bits per heavy atom. The lowest BCUT2D eigenvalue weighted by Crippen LogP contribution is -3.00. The van der Waals surface area contributed by atoms with Gasteiger partial charge in [0.25, 0.3) is 0 Å². The smallest absolute Gasteiger partial charge is 0.102 e. The van der Waals surface area contributed by atoms with Crippen molar-refractivity contribution in [1.82, 2.24) is 0 Å². The first-order valence-corrected chi connectivity index (χ1v) is 11.3. The van der Waals surface area contributed by atoms with Crippen molar-refractivity contribution in [2.24, 2.45) is 0 Å². The first-order chi connectivity index (χ1) is 13.1. The molecule has 0 fully saturated rings. The highest BCUT2D eigenvalue weighted by Crippen LogP contribution is 2.00. The summed E-state index contributed by atoms with van der Waals surface area (Å²) in [5.41, 5.74) is 0. The minimum absolute atomic E-state index is 0. The zero-order valence-corrected chi connectivity index (χ0v) is 20.8. The summed E-state index contributed by atoms with van der Waals surface area (Å²) < 4.78 is 23.5. The Kier molecular flexibility index (Phi) is 25.6. The van der Waals surface area contributed by atoms with E-state index < -0.39 is 0 Å². The SMILES string of the molecule is CCCCCCOCCOCC[N+](C)(C)CCOCCOCCCCCC.[Br-]. The second-order valence-electron chi connectivity index (χ2n) is 7.95. The van der Waals surface area contributed by atoms with Crippen molar-refractivity contribution in [3.8, 4) is 0 Å². The minimum atomic E-state index is 0. The highest BCUT2D eigenvalue weighted by atomic mass is 79.9. The molecule has 0 spiro atoms. The lowest BCUT2D eigenvalue weighted by atomic mass is 10.2. The molecule has 0 unspecified atom stereocenters. The molecule has 0 aromatic carbocycles. The molecule has 0 bridgehead atoms. The molecule has 0 aliphatic rings.